The van der Waals surface area contributed by atoms with Gasteiger partial charge in [-0.1, -0.05) is 36.5 Å². The lowest BCUT2D eigenvalue weighted by molar-refractivity contribution is -0.128. The molecule has 0 atom stereocenters. The number of amides is 1. The van der Waals surface area contributed by atoms with Gasteiger partial charge in [0, 0.05) is 32.3 Å². The molecule has 1 N–H and O–H groups in total. The van der Waals surface area contributed by atoms with Crippen LogP contribution >= 0.6 is 11.3 Å². The van der Waals surface area contributed by atoms with E-state index in [1.165, 1.54) is 21.9 Å². The Bertz CT molecular complexity index is 995. The zero-order valence-corrected chi connectivity index (χ0v) is 15.8. The highest BCUT2D eigenvalue weighted by Gasteiger charge is 2.10. The van der Waals surface area contributed by atoms with Gasteiger partial charge in [-0.3, -0.25) is 9.59 Å². The van der Waals surface area contributed by atoms with Gasteiger partial charge >= 0.3 is 0 Å². The number of benzene rings is 1. The van der Waals surface area contributed by atoms with Crippen molar-refractivity contribution in [3.63, 3.8) is 0 Å². The number of rotatable bonds is 6. The van der Waals surface area contributed by atoms with Crippen LogP contribution in [0.5, 0.6) is 0 Å². The smallest absolute Gasteiger partial charge is 0.275 e. The monoisotopic (exact) mass is 371 g/mol. The number of nitrogens with zero attached hydrogens (tertiary/aromatic N) is 4. The Hall–Kier alpha value is -2.74. The number of nitrogens with one attached hydrogen (secondary N) is 1. The molecule has 0 saturated carbocycles. The van der Waals surface area contributed by atoms with Gasteiger partial charge in [0.15, 0.2) is 0 Å². The molecule has 0 fully saturated rings. The van der Waals surface area contributed by atoms with E-state index in [1.807, 2.05) is 31.2 Å². The molecule has 0 radical (unpaired) electrons. The Kier molecular flexibility index (Phi) is 5.32. The first-order chi connectivity index (χ1) is 12.5. The minimum Gasteiger partial charge on any atom is -0.379 e. The molecule has 3 rings (SSSR count). The maximum atomic E-state index is 12.2. The third-order valence-corrected chi connectivity index (χ3v) is 5.12. The Morgan fingerprint density at radius 1 is 1.35 bits per heavy atom. The van der Waals surface area contributed by atoms with Crippen molar-refractivity contribution in [2.45, 2.75) is 33.4 Å². The van der Waals surface area contributed by atoms with Crippen LogP contribution in [-0.2, 0) is 24.3 Å². The third-order valence-electron chi connectivity index (χ3n) is 4.06. The summed E-state index contributed by atoms with van der Waals surface area (Å²) in [6.07, 6.45) is 0.776. The zero-order valence-electron chi connectivity index (χ0n) is 15.0. The summed E-state index contributed by atoms with van der Waals surface area (Å²) in [5.74, 6) is 0.0110. The highest BCUT2D eigenvalue weighted by atomic mass is 32.1. The third kappa shape index (κ3) is 3.91. The number of aryl methyl sites for hydroxylation is 1. The molecule has 7 nitrogen and oxygen atoms in total. The van der Waals surface area contributed by atoms with Crippen LogP contribution in [0.3, 0.4) is 0 Å². The largest absolute Gasteiger partial charge is 0.379 e. The standard InChI is InChI=1S/C18H21N5O2S/c1-4-16-21-23-17(25)9-14(20-18(23)26-16)10-19-15-8-6-5-7-13(15)11-22(3)12(2)24/h5-9,19H,4,10-11H2,1-3H3. The Labute approximate surface area is 155 Å². The predicted molar refractivity (Wildman–Crippen MR) is 102 cm³/mol. The molecule has 26 heavy (non-hydrogen) atoms. The number of hydrogen-bond acceptors (Lipinski definition) is 6. The van der Waals surface area contributed by atoms with Gasteiger partial charge in [0.2, 0.25) is 10.9 Å². The molecule has 0 aliphatic carbocycles. The van der Waals surface area contributed by atoms with E-state index >= 15 is 0 Å². The lowest BCUT2D eigenvalue weighted by atomic mass is 10.1. The van der Waals surface area contributed by atoms with Crippen LogP contribution in [-0.4, -0.2) is 32.5 Å². The van der Waals surface area contributed by atoms with E-state index < -0.39 is 0 Å². The van der Waals surface area contributed by atoms with E-state index in [2.05, 4.69) is 15.4 Å². The summed E-state index contributed by atoms with van der Waals surface area (Å²) < 4.78 is 1.35. The number of carbonyl (C=O) groups is 1. The van der Waals surface area contributed by atoms with Gasteiger partial charge in [-0.15, -0.1) is 0 Å². The van der Waals surface area contributed by atoms with E-state index in [1.54, 1.807) is 18.9 Å². The molecule has 8 heteroatoms. The van der Waals surface area contributed by atoms with Crippen LogP contribution in [0.2, 0.25) is 0 Å². The molecule has 0 aliphatic rings. The first kappa shape index (κ1) is 18.1. The summed E-state index contributed by atoms with van der Waals surface area (Å²) in [5.41, 5.74) is 2.42. The summed E-state index contributed by atoms with van der Waals surface area (Å²) in [4.78, 5) is 30.5. The quantitative estimate of drug-likeness (QED) is 0.719. The highest BCUT2D eigenvalue weighted by Crippen LogP contribution is 2.18. The molecular weight excluding hydrogens is 350 g/mol. The summed E-state index contributed by atoms with van der Waals surface area (Å²) in [7, 11) is 1.77. The highest BCUT2D eigenvalue weighted by molar-refractivity contribution is 7.16. The fourth-order valence-electron chi connectivity index (χ4n) is 2.51. The lowest BCUT2D eigenvalue weighted by Crippen LogP contribution is -2.23. The summed E-state index contributed by atoms with van der Waals surface area (Å²) >= 11 is 1.43. The molecule has 2 heterocycles. The molecular formula is C18H21N5O2S. The summed E-state index contributed by atoms with van der Waals surface area (Å²) in [6.45, 7) is 4.48. The van der Waals surface area contributed by atoms with E-state index in [9.17, 15) is 9.59 Å². The van der Waals surface area contributed by atoms with Crippen LogP contribution in [0.15, 0.2) is 35.1 Å². The van der Waals surface area contributed by atoms with Gasteiger partial charge < -0.3 is 10.2 Å². The van der Waals surface area contributed by atoms with Gasteiger partial charge in [-0.25, -0.2) is 4.98 Å². The molecule has 0 spiro atoms. The van der Waals surface area contributed by atoms with Gasteiger partial charge in [0.25, 0.3) is 5.56 Å². The van der Waals surface area contributed by atoms with Gasteiger partial charge in [0.05, 0.1) is 12.2 Å². The van der Waals surface area contributed by atoms with Crippen molar-refractivity contribution in [2.75, 3.05) is 12.4 Å². The molecule has 0 aliphatic heterocycles. The zero-order chi connectivity index (χ0) is 18.7. The number of anilines is 1. The van der Waals surface area contributed by atoms with Gasteiger partial charge in [-0.2, -0.15) is 9.61 Å². The number of para-hydroxylation sites is 1. The summed E-state index contributed by atoms with van der Waals surface area (Å²) in [5, 5.41) is 8.46. The molecule has 3 aromatic rings. The first-order valence-corrected chi connectivity index (χ1v) is 9.21. The topological polar surface area (TPSA) is 79.6 Å². The van der Waals surface area contributed by atoms with Crippen LogP contribution in [0, 0.1) is 0 Å². The van der Waals surface area contributed by atoms with Gasteiger partial charge in [-0.05, 0) is 18.1 Å². The predicted octanol–water partition coefficient (Wildman–Crippen LogP) is 2.30. The summed E-state index contributed by atoms with van der Waals surface area (Å²) in [6, 6.07) is 9.31. The van der Waals surface area contributed by atoms with Crippen LogP contribution in [0.25, 0.3) is 4.96 Å². The van der Waals surface area contributed by atoms with Crippen LogP contribution in [0.4, 0.5) is 5.69 Å². The Morgan fingerprint density at radius 2 is 2.12 bits per heavy atom. The second kappa shape index (κ2) is 7.65. The molecule has 0 saturated heterocycles. The maximum Gasteiger partial charge on any atom is 0.275 e. The molecule has 0 bridgehead atoms. The van der Waals surface area contributed by atoms with E-state index in [-0.39, 0.29) is 11.5 Å². The molecule has 1 amide bonds. The molecule has 2 aromatic heterocycles. The number of fused-ring (bicyclic) bond motifs is 1. The maximum absolute atomic E-state index is 12.2. The molecule has 136 valence electrons. The molecule has 1 aromatic carbocycles. The number of aromatic nitrogens is 3. The fraction of sp³-hybridized carbons (Fsp3) is 0.333. The molecule has 0 unspecified atom stereocenters. The van der Waals surface area contributed by atoms with E-state index in [0.717, 1.165) is 22.7 Å². The average molecular weight is 371 g/mol. The second-order valence-electron chi connectivity index (χ2n) is 6.02. The van der Waals surface area contributed by atoms with Crippen molar-refractivity contribution in [3.05, 3.63) is 57.0 Å². The average Bonchev–Trinajstić information content (AvgIpc) is 3.04. The van der Waals surface area contributed by atoms with Crippen molar-refractivity contribution in [1.82, 2.24) is 19.5 Å². The van der Waals surface area contributed by atoms with Crippen molar-refractivity contribution in [2.24, 2.45) is 0 Å². The van der Waals surface area contributed by atoms with Crippen molar-refractivity contribution < 1.29 is 4.79 Å². The van der Waals surface area contributed by atoms with Crippen molar-refractivity contribution in [3.8, 4) is 0 Å². The van der Waals surface area contributed by atoms with E-state index in [0.29, 0.717) is 23.7 Å². The van der Waals surface area contributed by atoms with Crippen LogP contribution in [0.1, 0.15) is 30.1 Å². The normalized spacial score (nSPS) is 10.9. The Morgan fingerprint density at radius 3 is 2.85 bits per heavy atom. The minimum atomic E-state index is -0.174. The minimum absolute atomic E-state index is 0.0110. The first-order valence-electron chi connectivity index (χ1n) is 8.40. The van der Waals surface area contributed by atoms with E-state index in [4.69, 9.17) is 0 Å². The SMILES string of the molecule is CCc1nn2c(=O)cc(CNc3ccccc3CN(C)C(C)=O)nc2s1. The van der Waals surface area contributed by atoms with Crippen molar-refractivity contribution in [1.29, 1.82) is 0 Å². The number of hydrogen-bond donors (Lipinski definition) is 1. The lowest BCUT2D eigenvalue weighted by Gasteiger charge is -2.18. The second-order valence-corrected chi connectivity index (χ2v) is 7.06. The van der Waals surface area contributed by atoms with Gasteiger partial charge in [0.1, 0.15) is 5.01 Å². The number of carbonyl (C=O) groups excluding carboxylic acids is 1. The fourth-order valence-corrected chi connectivity index (χ4v) is 3.37. The van der Waals surface area contributed by atoms with Crippen molar-refractivity contribution >= 4 is 27.9 Å². The van der Waals surface area contributed by atoms with Crippen LogP contribution < -0.4 is 10.9 Å². The Balaban J connectivity index is 1.80.